The first-order valence-electron chi connectivity index (χ1n) is 8.43. The van der Waals surface area contributed by atoms with E-state index >= 15 is 0 Å². The quantitative estimate of drug-likeness (QED) is 0.878. The Bertz CT molecular complexity index is 599. The number of nitrogens with zero attached hydrogens (tertiary/aromatic N) is 1. The molecule has 1 aromatic heterocycles. The number of hydrogen-bond donors (Lipinski definition) is 2. The van der Waals surface area contributed by atoms with Crippen molar-refractivity contribution in [2.45, 2.75) is 57.2 Å². The molecule has 2 aliphatic rings. The number of halogens is 3. The van der Waals surface area contributed by atoms with Gasteiger partial charge in [-0.3, -0.25) is 4.98 Å². The molecule has 2 saturated carbocycles. The molecule has 4 nitrogen and oxygen atoms in total. The van der Waals surface area contributed by atoms with Crippen LogP contribution in [0.3, 0.4) is 0 Å². The highest BCUT2D eigenvalue weighted by Crippen LogP contribution is 2.56. The highest BCUT2D eigenvalue weighted by Gasteiger charge is 2.45. The molecule has 0 aromatic carbocycles. The minimum absolute atomic E-state index is 0.216. The maximum atomic E-state index is 12.6. The van der Waals surface area contributed by atoms with Crippen LogP contribution in [0.15, 0.2) is 18.3 Å². The summed E-state index contributed by atoms with van der Waals surface area (Å²) in [5.41, 5.74) is 0.0895. The lowest BCUT2D eigenvalue weighted by Crippen LogP contribution is -2.45. The fraction of sp³-hybridized carbons (Fsp3) is 0.647. The van der Waals surface area contributed by atoms with Crippen LogP contribution < -0.4 is 10.6 Å². The monoisotopic (exact) mass is 341 g/mol. The van der Waals surface area contributed by atoms with Gasteiger partial charge in [0.1, 0.15) is 0 Å². The molecule has 1 aromatic rings. The number of carbonyl (C=O) groups is 1. The van der Waals surface area contributed by atoms with Crippen LogP contribution in [0.2, 0.25) is 0 Å². The summed E-state index contributed by atoms with van der Waals surface area (Å²) in [6, 6.07) is 1.94. The molecule has 0 radical (unpaired) electrons. The predicted octanol–water partition coefficient (Wildman–Crippen LogP) is 3.66. The van der Waals surface area contributed by atoms with E-state index in [-0.39, 0.29) is 25.0 Å². The van der Waals surface area contributed by atoms with E-state index in [1.54, 1.807) is 0 Å². The van der Waals surface area contributed by atoms with Crippen LogP contribution in [0, 0.1) is 5.41 Å². The minimum Gasteiger partial charge on any atom is -0.338 e. The number of aromatic nitrogens is 1. The molecule has 7 heteroatoms. The van der Waals surface area contributed by atoms with Gasteiger partial charge in [-0.1, -0.05) is 6.42 Å². The summed E-state index contributed by atoms with van der Waals surface area (Å²) in [5.74, 6) is 0. The van der Waals surface area contributed by atoms with Crippen LogP contribution in [0.25, 0.3) is 0 Å². The van der Waals surface area contributed by atoms with Crippen molar-refractivity contribution in [3.8, 4) is 0 Å². The van der Waals surface area contributed by atoms with Gasteiger partial charge in [-0.25, -0.2) is 4.79 Å². The van der Waals surface area contributed by atoms with E-state index in [1.165, 1.54) is 19.3 Å². The zero-order valence-corrected chi connectivity index (χ0v) is 13.5. The first-order chi connectivity index (χ1) is 11.4. The van der Waals surface area contributed by atoms with Crippen LogP contribution in [-0.2, 0) is 12.6 Å². The van der Waals surface area contributed by atoms with E-state index in [1.807, 2.05) is 0 Å². The fourth-order valence-electron chi connectivity index (χ4n) is 3.54. The number of rotatable bonds is 4. The van der Waals surface area contributed by atoms with Gasteiger partial charge in [0.15, 0.2) is 0 Å². The predicted molar refractivity (Wildman–Crippen MR) is 83.4 cm³/mol. The Morgan fingerprint density at radius 3 is 2.83 bits per heavy atom. The molecule has 2 fully saturated rings. The molecule has 2 N–H and O–H groups in total. The average Bonchev–Trinajstić information content (AvgIpc) is 3.25. The van der Waals surface area contributed by atoms with E-state index in [2.05, 4.69) is 15.6 Å². The second-order valence-corrected chi connectivity index (χ2v) is 6.98. The molecular formula is C17H22F3N3O. The average molecular weight is 341 g/mol. The Kier molecular flexibility index (Phi) is 4.69. The molecule has 1 spiro atoms. The van der Waals surface area contributed by atoms with E-state index in [0.717, 1.165) is 37.6 Å². The Morgan fingerprint density at radius 2 is 2.12 bits per heavy atom. The van der Waals surface area contributed by atoms with E-state index in [4.69, 9.17) is 0 Å². The number of pyridine rings is 1. The lowest BCUT2D eigenvalue weighted by Gasteiger charge is -2.29. The standard InChI is InChI=1S/C17H22F3N3O/c18-17(19,20)12-3-8-21-13(10-12)4-9-22-15(24)23-14-2-1-5-16(11-14)6-7-16/h3,8,10,14H,1-2,4-7,9,11H2,(H2,22,23,24). The summed E-state index contributed by atoms with van der Waals surface area (Å²) >= 11 is 0. The third kappa shape index (κ3) is 4.39. The normalized spacial score (nSPS) is 22.2. The molecular weight excluding hydrogens is 319 g/mol. The third-order valence-electron chi connectivity index (χ3n) is 5.04. The molecule has 1 unspecified atom stereocenters. The highest BCUT2D eigenvalue weighted by atomic mass is 19.4. The van der Waals surface area contributed by atoms with Crippen LogP contribution in [0.1, 0.15) is 49.8 Å². The number of alkyl halides is 3. The molecule has 1 heterocycles. The summed E-state index contributed by atoms with van der Waals surface area (Å²) in [4.78, 5) is 15.9. The number of urea groups is 1. The van der Waals surface area contributed by atoms with Crippen molar-refractivity contribution in [1.29, 1.82) is 0 Å². The van der Waals surface area contributed by atoms with Gasteiger partial charge < -0.3 is 10.6 Å². The number of nitrogens with one attached hydrogen (secondary N) is 2. The van der Waals surface area contributed by atoms with Gasteiger partial charge in [0.2, 0.25) is 0 Å². The minimum atomic E-state index is -4.37. The van der Waals surface area contributed by atoms with Crippen LogP contribution in [0.5, 0.6) is 0 Å². The first-order valence-corrected chi connectivity index (χ1v) is 8.43. The molecule has 0 saturated heterocycles. The zero-order valence-electron chi connectivity index (χ0n) is 13.5. The molecule has 2 aliphatic carbocycles. The van der Waals surface area contributed by atoms with Gasteiger partial charge >= 0.3 is 12.2 Å². The summed E-state index contributed by atoms with van der Waals surface area (Å²) in [5, 5.41) is 5.70. The Balaban J connectivity index is 1.42. The van der Waals surface area contributed by atoms with Crippen LogP contribution >= 0.6 is 0 Å². The van der Waals surface area contributed by atoms with Crippen molar-refractivity contribution in [2.24, 2.45) is 5.41 Å². The van der Waals surface area contributed by atoms with E-state index in [0.29, 0.717) is 11.1 Å². The van der Waals surface area contributed by atoms with Crippen molar-refractivity contribution in [2.75, 3.05) is 6.54 Å². The zero-order chi connectivity index (χ0) is 17.2. The SMILES string of the molecule is O=C(NCCc1cc(C(F)(F)F)ccn1)NC1CCCC2(CC2)C1. The number of hydrogen-bond acceptors (Lipinski definition) is 2. The van der Waals surface area contributed by atoms with Crippen LogP contribution in [0.4, 0.5) is 18.0 Å². The second kappa shape index (κ2) is 6.61. The number of amides is 2. The van der Waals surface area contributed by atoms with Crippen molar-refractivity contribution in [3.05, 3.63) is 29.6 Å². The Morgan fingerprint density at radius 1 is 1.33 bits per heavy atom. The van der Waals surface area contributed by atoms with Gasteiger partial charge in [-0.05, 0) is 49.7 Å². The summed E-state index contributed by atoms with van der Waals surface area (Å²) in [6.45, 7) is 0.262. The lowest BCUT2D eigenvalue weighted by atomic mass is 9.83. The van der Waals surface area contributed by atoms with Crippen molar-refractivity contribution in [1.82, 2.24) is 15.6 Å². The Labute approximate surface area is 139 Å². The van der Waals surface area contributed by atoms with Gasteiger partial charge in [-0.15, -0.1) is 0 Å². The molecule has 0 bridgehead atoms. The van der Waals surface area contributed by atoms with E-state index in [9.17, 15) is 18.0 Å². The summed E-state index contributed by atoms with van der Waals surface area (Å²) in [7, 11) is 0. The van der Waals surface area contributed by atoms with Crippen molar-refractivity contribution >= 4 is 6.03 Å². The van der Waals surface area contributed by atoms with E-state index < -0.39 is 11.7 Å². The van der Waals surface area contributed by atoms with Gasteiger partial charge in [-0.2, -0.15) is 13.2 Å². The smallest absolute Gasteiger partial charge is 0.338 e. The number of carbonyl (C=O) groups excluding carboxylic acids is 1. The third-order valence-corrected chi connectivity index (χ3v) is 5.04. The first kappa shape index (κ1) is 17.0. The maximum absolute atomic E-state index is 12.6. The van der Waals surface area contributed by atoms with Gasteiger partial charge in [0.05, 0.1) is 5.56 Å². The summed E-state index contributed by atoms with van der Waals surface area (Å²) in [6.07, 6.45) is 4.07. The summed E-state index contributed by atoms with van der Waals surface area (Å²) < 4.78 is 37.9. The largest absolute Gasteiger partial charge is 0.416 e. The Hall–Kier alpha value is -1.79. The second-order valence-electron chi connectivity index (χ2n) is 6.98. The van der Waals surface area contributed by atoms with Gasteiger partial charge in [0.25, 0.3) is 0 Å². The topological polar surface area (TPSA) is 54.0 Å². The van der Waals surface area contributed by atoms with Crippen LogP contribution in [-0.4, -0.2) is 23.6 Å². The molecule has 1 atom stereocenters. The van der Waals surface area contributed by atoms with Crippen molar-refractivity contribution in [3.63, 3.8) is 0 Å². The molecule has 0 aliphatic heterocycles. The lowest BCUT2D eigenvalue weighted by molar-refractivity contribution is -0.137. The molecule has 2 amide bonds. The maximum Gasteiger partial charge on any atom is 0.416 e. The fourth-order valence-corrected chi connectivity index (χ4v) is 3.54. The molecule has 132 valence electrons. The van der Waals surface area contributed by atoms with Crippen molar-refractivity contribution < 1.29 is 18.0 Å². The molecule has 24 heavy (non-hydrogen) atoms. The highest BCUT2D eigenvalue weighted by molar-refractivity contribution is 5.74. The molecule has 3 rings (SSSR count). The van der Waals surface area contributed by atoms with Gasteiger partial charge in [0, 0.05) is 30.9 Å².